The van der Waals surface area contributed by atoms with E-state index in [1.54, 1.807) is 12.1 Å². The molecule has 1 aromatic carbocycles. The Balaban J connectivity index is 0.000000412. The maximum atomic E-state index is 11.6. The van der Waals surface area contributed by atoms with Crippen LogP contribution in [0.25, 0.3) is 0 Å². The molecule has 0 spiro atoms. The molecule has 0 fully saturated rings. The molecular formula is C22H36NO3+. The predicted octanol–water partition coefficient (Wildman–Crippen LogP) is 5.94. The number of benzene rings is 1. The molecule has 0 amide bonds. The summed E-state index contributed by atoms with van der Waals surface area (Å²) in [5.41, 5.74) is 3.52. The normalized spacial score (nSPS) is 16.7. The molecule has 4 nitrogen and oxygen atoms in total. The Morgan fingerprint density at radius 1 is 1.15 bits per heavy atom. The molecule has 0 saturated carbocycles. The molecule has 1 heterocycles. The van der Waals surface area contributed by atoms with Crippen molar-refractivity contribution in [1.29, 1.82) is 0 Å². The molecule has 0 bridgehead atoms. The maximum absolute atomic E-state index is 11.6. The van der Waals surface area contributed by atoms with Gasteiger partial charge in [-0.15, -0.1) is 0 Å². The number of esters is 1. The number of rotatable bonds is 3. The second-order valence-electron chi connectivity index (χ2n) is 8.81. The van der Waals surface area contributed by atoms with E-state index in [0.717, 1.165) is 11.3 Å². The number of carbonyl (C=O) groups is 1. The standard InChI is InChI=1S/C15H20NO3.C7H16/c1-9-11-7-6-10(14(17)19-5)8-12(11)16(18)13(9)15(2,3)4;1-5-7(3,4)6-2/h6-9,18H,1-5H3;5-6H2,1-4H3/q+1;. The van der Waals surface area contributed by atoms with Crippen molar-refractivity contribution in [2.75, 3.05) is 7.11 Å². The number of methoxy groups -OCH3 is 1. The summed E-state index contributed by atoms with van der Waals surface area (Å²) in [6.07, 6.45) is 2.59. The van der Waals surface area contributed by atoms with Crippen molar-refractivity contribution in [3.63, 3.8) is 0 Å². The summed E-state index contributed by atoms with van der Waals surface area (Å²) in [5.74, 6) is -0.264. The molecule has 4 heteroatoms. The topological polar surface area (TPSA) is 49.5 Å². The lowest BCUT2D eigenvalue weighted by atomic mass is 9.81. The molecular weight excluding hydrogens is 326 g/mol. The Morgan fingerprint density at radius 2 is 1.69 bits per heavy atom. The molecule has 0 aromatic heterocycles. The lowest BCUT2D eigenvalue weighted by Gasteiger charge is -2.18. The third-order valence-corrected chi connectivity index (χ3v) is 5.47. The van der Waals surface area contributed by atoms with Gasteiger partial charge in [0, 0.05) is 21.8 Å². The highest BCUT2D eigenvalue weighted by molar-refractivity contribution is 5.96. The molecule has 1 aliphatic rings. The van der Waals surface area contributed by atoms with E-state index in [2.05, 4.69) is 55.4 Å². The Morgan fingerprint density at radius 3 is 2.08 bits per heavy atom. The quantitative estimate of drug-likeness (QED) is 0.411. The minimum Gasteiger partial charge on any atom is -0.465 e. The summed E-state index contributed by atoms with van der Waals surface area (Å²) >= 11 is 0. The van der Waals surface area contributed by atoms with Crippen molar-refractivity contribution in [1.82, 2.24) is 0 Å². The van der Waals surface area contributed by atoms with Crippen LogP contribution in [-0.2, 0) is 4.74 Å². The van der Waals surface area contributed by atoms with E-state index in [-0.39, 0.29) is 11.3 Å². The van der Waals surface area contributed by atoms with Crippen molar-refractivity contribution >= 4 is 17.4 Å². The van der Waals surface area contributed by atoms with E-state index in [1.165, 1.54) is 24.7 Å². The van der Waals surface area contributed by atoms with Gasteiger partial charge in [-0.2, -0.15) is 0 Å². The average molecular weight is 363 g/mol. The number of ether oxygens (including phenoxy) is 1. The van der Waals surface area contributed by atoms with Gasteiger partial charge < -0.3 is 4.74 Å². The van der Waals surface area contributed by atoms with Crippen LogP contribution < -0.4 is 0 Å². The van der Waals surface area contributed by atoms with Crippen molar-refractivity contribution in [2.45, 2.75) is 74.1 Å². The minimum atomic E-state index is -0.395. The third kappa shape index (κ3) is 4.87. The molecule has 1 aromatic rings. The number of carbonyl (C=O) groups excluding carboxylic acids is 1. The van der Waals surface area contributed by atoms with Gasteiger partial charge in [-0.25, -0.2) is 4.79 Å². The lowest BCUT2D eigenvalue weighted by molar-refractivity contribution is -0.713. The minimum absolute atomic E-state index is 0.131. The molecule has 26 heavy (non-hydrogen) atoms. The first-order chi connectivity index (χ1) is 11.9. The van der Waals surface area contributed by atoms with E-state index in [9.17, 15) is 10.0 Å². The van der Waals surface area contributed by atoms with Gasteiger partial charge in [0.05, 0.1) is 18.6 Å². The smallest absolute Gasteiger partial charge is 0.338 e. The number of fused-ring (bicyclic) bond motifs is 1. The number of nitrogens with zero attached hydrogens (tertiary/aromatic N) is 1. The van der Waals surface area contributed by atoms with Crippen LogP contribution >= 0.6 is 0 Å². The van der Waals surface area contributed by atoms with E-state index in [0.29, 0.717) is 16.7 Å². The van der Waals surface area contributed by atoms with Crippen LogP contribution in [0.5, 0.6) is 0 Å². The maximum Gasteiger partial charge on any atom is 0.338 e. The number of hydrogen-bond acceptors (Lipinski definition) is 3. The van der Waals surface area contributed by atoms with Crippen molar-refractivity contribution in [3.8, 4) is 0 Å². The van der Waals surface area contributed by atoms with Crippen LogP contribution in [0, 0.1) is 10.8 Å². The summed E-state index contributed by atoms with van der Waals surface area (Å²) < 4.78 is 5.92. The van der Waals surface area contributed by atoms with E-state index < -0.39 is 5.97 Å². The van der Waals surface area contributed by atoms with Crippen LogP contribution in [0.15, 0.2) is 18.2 Å². The Labute approximate surface area is 158 Å². The van der Waals surface area contributed by atoms with E-state index in [1.807, 2.05) is 6.07 Å². The average Bonchev–Trinajstić information content (AvgIpc) is 2.85. The highest BCUT2D eigenvalue weighted by atomic mass is 16.5. The van der Waals surface area contributed by atoms with E-state index >= 15 is 0 Å². The molecule has 2 rings (SSSR count). The fraction of sp³-hybridized carbons (Fsp3) is 0.636. The van der Waals surface area contributed by atoms with Crippen molar-refractivity contribution in [2.24, 2.45) is 10.8 Å². The van der Waals surface area contributed by atoms with Crippen LogP contribution in [0.2, 0.25) is 0 Å². The van der Waals surface area contributed by atoms with Crippen molar-refractivity contribution in [3.05, 3.63) is 29.3 Å². The molecule has 0 radical (unpaired) electrons. The SMILES string of the molecule is CCC(C)(C)CC.COC(=O)c1ccc2c(c1)[N+](O)=C(C(C)(C)C)C2C. The van der Waals surface area contributed by atoms with E-state index in [4.69, 9.17) is 4.74 Å². The Bertz CT molecular complexity index is 675. The first-order valence-electron chi connectivity index (χ1n) is 9.48. The van der Waals surface area contributed by atoms with Gasteiger partial charge >= 0.3 is 5.97 Å². The molecule has 146 valence electrons. The van der Waals surface area contributed by atoms with Crippen LogP contribution in [0.4, 0.5) is 5.69 Å². The fourth-order valence-corrected chi connectivity index (χ4v) is 3.02. The van der Waals surface area contributed by atoms with Gasteiger partial charge in [-0.3, -0.25) is 5.21 Å². The fourth-order valence-electron chi connectivity index (χ4n) is 3.02. The zero-order chi connectivity index (χ0) is 20.3. The predicted molar refractivity (Wildman–Crippen MR) is 107 cm³/mol. The van der Waals surface area contributed by atoms with Gasteiger partial charge in [0.15, 0.2) is 0 Å². The van der Waals surface area contributed by atoms with Gasteiger partial charge in [-0.05, 0) is 18.4 Å². The number of hydrogen-bond donors (Lipinski definition) is 1. The van der Waals surface area contributed by atoms with Gasteiger partial charge in [0.25, 0.3) is 5.69 Å². The van der Waals surface area contributed by atoms with Crippen LogP contribution in [0.3, 0.4) is 0 Å². The zero-order valence-electron chi connectivity index (χ0n) is 17.9. The molecule has 0 aliphatic carbocycles. The van der Waals surface area contributed by atoms with Crippen LogP contribution in [0.1, 0.15) is 90.1 Å². The summed E-state index contributed by atoms with van der Waals surface area (Å²) in [4.78, 5) is 11.6. The first-order valence-corrected chi connectivity index (χ1v) is 9.48. The molecule has 1 aliphatic heterocycles. The molecule has 0 saturated heterocycles. The Kier molecular flexibility index (Phi) is 7.03. The third-order valence-electron chi connectivity index (χ3n) is 5.47. The zero-order valence-corrected chi connectivity index (χ0v) is 17.9. The highest BCUT2D eigenvalue weighted by Gasteiger charge is 2.44. The monoisotopic (exact) mass is 362 g/mol. The van der Waals surface area contributed by atoms with Gasteiger partial charge in [-0.1, -0.05) is 67.4 Å². The Hall–Kier alpha value is -1.84. The summed E-state index contributed by atoms with van der Waals surface area (Å²) in [6, 6.07) is 5.30. The first kappa shape index (κ1) is 22.2. The second kappa shape index (κ2) is 8.24. The summed E-state index contributed by atoms with van der Waals surface area (Å²) in [5, 5.41) is 10.4. The summed E-state index contributed by atoms with van der Waals surface area (Å²) in [6.45, 7) is 17.3. The molecule has 1 unspecified atom stereocenters. The largest absolute Gasteiger partial charge is 0.465 e. The molecule has 1 N–H and O–H groups in total. The van der Waals surface area contributed by atoms with Gasteiger partial charge in [0.1, 0.15) is 0 Å². The highest BCUT2D eigenvalue weighted by Crippen LogP contribution is 2.40. The summed E-state index contributed by atoms with van der Waals surface area (Å²) in [7, 11) is 1.35. The van der Waals surface area contributed by atoms with Crippen molar-refractivity contribution < 1.29 is 19.5 Å². The molecule has 1 atom stereocenters. The van der Waals surface area contributed by atoms with Gasteiger partial charge in [0.2, 0.25) is 5.71 Å². The second-order valence-corrected chi connectivity index (χ2v) is 8.81. The lowest BCUT2D eigenvalue weighted by Crippen LogP contribution is -2.28. The van der Waals surface area contributed by atoms with Crippen LogP contribution in [-0.4, -0.2) is 28.7 Å².